The summed E-state index contributed by atoms with van der Waals surface area (Å²) in [6.07, 6.45) is 7.14. The van der Waals surface area contributed by atoms with Crippen LogP contribution in [0.2, 0.25) is 0 Å². The molecule has 2 aromatic carbocycles. The SMILES string of the molecule is C[N+]1(Cc2ccccc2)CCCC1c1ccc[n+](Cc2ccccc2)c1.[Cl][Pd-2]([Cl])([Cl])[Cl]. The first-order valence-corrected chi connectivity index (χ1v) is 18.1. The van der Waals surface area contributed by atoms with E-state index in [0.29, 0.717) is 6.04 Å². The zero-order chi connectivity index (χ0) is 22.3. The van der Waals surface area contributed by atoms with Gasteiger partial charge in [0.05, 0.1) is 19.2 Å². The van der Waals surface area contributed by atoms with Crippen molar-refractivity contribution < 1.29 is 20.5 Å². The third-order valence-electron chi connectivity index (χ3n) is 5.76. The molecule has 0 N–H and O–H groups in total. The van der Waals surface area contributed by atoms with E-state index in [4.69, 9.17) is 38.1 Å². The van der Waals surface area contributed by atoms with Gasteiger partial charge in [-0.1, -0.05) is 60.7 Å². The minimum atomic E-state index is -2.81. The van der Waals surface area contributed by atoms with Gasteiger partial charge in [0.1, 0.15) is 12.6 Å². The molecule has 2 atom stereocenters. The zero-order valence-corrected chi connectivity index (χ0v) is 22.0. The van der Waals surface area contributed by atoms with Gasteiger partial charge in [0.15, 0.2) is 18.9 Å². The van der Waals surface area contributed by atoms with Crippen LogP contribution in [-0.4, -0.2) is 18.1 Å². The number of halogens is 4. The Balaban J connectivity index is 0.000000491. The predicted octanol–water partition coefficient (Wildman–Crippen LogP) is 7.26. The molecule has 172 valence electrons. The Kier molecular flexibility index (Phi) is 9.26. The molecule has 0 saturated carbocycles. The van der Waals surface area contributed by atoms with E-state index in [0.717, 1.165) is 17.6 Å². The van der Waals surface area contributed by atoms with Crippen molar-refractivity contribution in [2.45, 2.75) is 32.0 Å². The molecule has 1 aromatic heterocycles. The Labute approximate surface area is 204 Å². The number of rotatable bonds is 5. The minimum absolute atomic E-state index is 0.582. The maximum absolute atomic E-state index is 4.98. The van der Waals surface area contributed by atoms with Crippen LogP contribution in [0.25, 0.3) is 0 Å². The molecule has 0 aliphatic carbocycles. The van der Waals surface area contributed by atoms with Gasteiger partial charge < -0.3 is 4.48 Å². The van der Waals surface area contributed by atoms with Gasteiger partial charge in [0.25, 0.3) is 0 Å². The van der Waals surface area contributed by atoms with Crippen LogP contribution in [0.4, 0.5) is 0 Å². The summed E-state index contributed by atoms with van der Waals surface area (Å²) in [5.74, 6) is 0. The molecule has 2 nitrogen and oxygen atoms in total. The Bertz CT molecular complexity index is 945. The van der Waals surface area contributed by atoms with Crippen LogP contribution >= 0.6 is 38.1 Å². The summed E-state index contributed by atoms with van der Waals surface area (Å²) in [5, 5.41) is 0. The molecular formula is C24H28Cl4N2Pd. The van der Waals surface area contributed by atoms with Gasteiger partial charge in [-0.2, -0.15) is 0 Å². The molecule has 1 aliphatic rings. The molecule has 31 heavy (non-hydrogen) atoms. The Morgan fingerprint density at radius 1 is 0.871 bits per heavy atom. The van der Waals surface area contributed by atoms with E-state index < -0.39 is 11.5 Å². The third kappa shape index (κ3) is 8.34. The average Bonchev–Trinajstić information content (AvgIpc) is 3.09. The zero-order valence-electron chi connectivity index (χ0n) is 17.4. The summed E-state index contributed by atoms with van der Waals surface area (Å²) in [6, 6.07) is 26.8. The molecule has 1 aliphatic heterocycles. The second-order valence-electron chi connectivity index (χ2n) is 8.07. The van der Waals surface area contributed by atoms with Crippen molar-refractivity contribution >= 4 is 38.1 Å². The standard InChI is InChI=1S/C24H28N2.4ClH.Pd/c1-26(20-22-12-6-3-7-13-22)17-9-15-24(26)23-14-8-16-25(19-23)18-21-10-4-2-5-11-21;;;;;/h2-8,10-14,16,19,24H,9,15,17-18,20H2,1H3;4*1H;/q+2;;;;;+2/p-4. The van der Waals surface area contributed by atoms with Gasteiger partial charge in [0, 0.05) is 30.0 Å². The molecule has 0 radical (unpaired) electrons. The van der Waals surface area contributed by atoms with E-state index >= 15 is 0 Å². The number of nitrogens with zero attached hydrogens (tertiary/aromatic N) is 2. The van der Waals surface area contributed by atoms with Crippen LogP contribution < -0.4 is 4.57 Å². The maximum atomic E-state index is 4.98. The number of hydrogen-bond acceptors (Lipinski definition) is 0. The van der Waals surface area contributed by atoms with E-state index in [9.17, 15) is 0 Å². The number of likely N-dealkylation sites (tertiary alicyclic amines) is 1. The van der Waals surface area contributed by atoms with Gasteiger partial charge in [-0.25, -0.2) is 4.57 Å². The predicted molar refractivity (Wildman–Crippen MR) is 129 cm³/mol. The molecule has 0 bridgehead atoms. The van der Waals surface area contributed by atoms with Crippen LogP contribution in [-0.2, 0) is 24.5 Å². The monoisotopic (exact) mass is 590 g/mol. The summed E-state index contributed by atoms with van der Waals surface area (Å²) in [6.45, 7) is 3.30. The fourth-order valence-corrected chi connectivity index (χ4v) is 4.46. The summed E-state index contributed by atoms with van der Waals surface area (Å²) >= 11 is -2.81. The molecule has 7 heteroatoms. The van der Waals surface area contributed by atoms with Crippen molar-refractivity contribution in [3.05, 3.63) is 102 Å². The van der Waals surface area contributed by atoms with E-state index in [-0.39, 0.29) is 0 Å². The van der Waals surface area contributed by atoms with Crippen molar-refractivity contribution in [1.82, 2.24) is 0 Å². The van der Waals surface area contributed by atoms with Gasteiger partial charge >= 0.3 is 49.6 Å². The van der Waals surface area contributed by atoms with Crippen molar-refractivity contribution in [2.75, 3.05) is 13.6 Å². The number of aromatic nitrogens is 1. The molecule has 1 fully saturated rings. The van der Waals surface area contributed by atoms with Gasteiger partial charge in [-0.15, -0.1) is 0 Å². The van der Waals surface area contributed by atoms with Crippen molar-refractivity contribution in [3.63, 3.8) is 0 Å². The van der Waals surface area contributed by atoms with Crippen LogP contribution in [0.1, 0.15) is 35.6 Å². The number of pyridine rings is 1. The van der Waals surface area contributed by atoms with E-state index in [1.807, 2.05) is 0 Å². The first-order chi connectivity index (χ1) is 14.7. The molecule has 2 heterocycles. The first kappa shape index (κ1) is 25.0. The quantitative estimate of drug-likeness (QED) is 0.167. The van der Waals surface area contributed by atoms with Crippen LogP contribution in [0.3, 0.4) is 0 Å². The number of quaternary nitrogens is 1. The Morgan fingerprint density at radius 3 is 2.06 bits per heavy atom. The van der Waals surface area contributed by atoms with Crippen molar-refractivity contribution in [3.8, 4) is 0 Å². The summed E-state index contributed by atoms with van der Waals surface area (Å²) in [4.78, 5) is 0. The summed E-state index contributed by atoms with van der Waals surface area (Å²) in [7, 11) is 22.3. The van der Waals surface area contributed by atoms with E-state index in [2.05, 4.69) is 96.8 Å². The summed E-state index contributed by atoms with van der Waals surface area (Å²) < 4.78 is 3.44. The summed E-state index contributed by atoms with van der Waals surface area (Å²) in [5.41, 5.74) is 4.26. The molecule has 2 unspecified atom stereocenters. The molecule has 3 aromatic rings. The van der Waals surface area contributed by atoms with Crippen LogP contribution in [0, 0.1) is 0 Å². The average molecular weight is 593 g/mol. The van der Waals surface area contributed by atoms with Crippen molar-refractivity contribution in [1.29, 1.82) is 0 Å². The fourth-order valence-electron chi connectivity index (χ4n) is 4.46. The van der Waals surface area contributed by atoms with Gasteiger partial charge in [-0.05, 0) is 6.07 Å². The second-order valence-corrected chi connectivity index (χ2v) is 22.2. The molecule has 0 amide bonds. The van der Waals surface area contributed by atoms with E-state index in [1.54, 1.807) is 0 Å². The molecule has 1 saturated heterocycles. The normalized spacial score (nSPS) is 21.3. The number of hydrogen-bond donors (Lipinski definition) is 0. The first-order valence-electron chi connectivity index (χ1n) is 10.1. The van der Waals surface area contributed by atoms with Gasteiger partial charge in [0.2, 0.25) is 0 Å². The number of benzene rings is 2. The third-order valence-corrected chi connectivity index (χ3v) is 5.76. The fraction of sp³-hybridized carbons (Fsp3) is 0.292. The Morgan fingerprint density at radius 2 is 1.45 bits per heavy atom. The Hall–Kier alpha value is -0.628. The topological polar surface area (TPSA) is 3.88 Å². The molecular weight excluding hydrogens is 565 g/mol. The van der Waals surface area contributed by atoms with Crippen molar-refractivity contribution in [2.24, 2.45) is 0 Å². The molecule has 0 spiro atoms. The second kappa shape index (κ2) is 11.5. The molecule has 4 rings (SSSR count). The van der Waals surface area contributed by atoms with Crippen LogP contribution in [0.5, 0.6) is 0 Å². The van der Waals surface area contributed by atoms with Crippen LogP contribution in [0.15, 0.2) is 85.2 Å². The van der Waals surface area contributed by atoms with Gasteiger partial charge in [-0.3, -0.25) is 0 Å². The van der Waals surface area contributed by atoms with E-state index in [1.165, 1.54) is 36.1 Å².